The maximum Gasteiger partial charge on any atom is 0.276 e. The molecule has 0 saturated heterocycles. The normalized spacial score (nSPS) is 11.1. The van der Waals surface area contributed by atoms with Crippen molar-refractivity contribution in [2.45, 2.75) is 13.5 Å². The van der Waals surface area contributed by atoms with E-state index >= 15 is 0 Å². The Morgan fingerprint density at radius 3 is 2.64 bits per heavy atom. The zero-order valence-corrected chi connectivity index (χ0v) is 17.6. The third kappa shape index (κ3) is 3.39. The molecule has 0 spiro atoms. The summed E-state index contributed by atoms with van der Waals surface area (Å²) in [7, 11) is 0. The fourth-order valence-corrected chi connectivity index (χ4v) is 3.72. The maximum atomic E-state index is 12.7. The number of hydrogen-bond acceptors (Lipinski definition) is 4. The molecule has 4 aromatic rings. The van der Waals surface area contributed by atoms with Gasteiger partial charge in [-0.15, -0.1) is 0 Å². The van der Waals surface area contributed by atoms with Crippen molar-refractivity contribution in [3.8, 4) is 11.4 Å². The number of nitrogens with zero attached hydrogens (tertiary/aromatic N) is 5. The van der Waals surface area contributed by atoms with Gasteiger partial charge < -0.3 is 5.32 Å². The van der Waals surface area contributed by atoms with Crippen LogP contribution in [0.1, 0.15) is 17.4 Å². The Kier molecular flexibility index (Phi) is 5.09. The molecule has 0 atom stereocenters. The molecule has 0 unspecified atom stereocenters. The Morgan fingerprint density at radius 2 is 1.96 bits per heavy atom. The van der Waals surface area contributed by atoms with Gasteiger partial charge in [0.1, 0.15) is 5.69 Å². The average Bonchev–Trinajstić information content (AvgIpc) is 3.28. The molecule has 0 radical (unpaired) electrons. The van der Waals surface area contributed by atoms with E-state index in [4.69, 9.17) is 23.2 Å². The predicted octanol–water partition coefficient (Wildman–Crippen LogP) is 4.93. The molecule has 3 heterocycles. The molecule has 0 saturated carbocycles. The summed E-state index contributed by atoms with van der Waals surface area (Å²) in [6.45, 7) is 2.74. The number of rotatable bonds is 4. The first-order valence-corrected chi connectivity index (χ1v) is 9.86. The summed E-state index contributed by atoms with van der Waals surface area (Å²) in [6, 6.07) is 8.38. The number of amides is 1. The molecule has 0 fully saturated rings. The molecule has 4 rings (SSSR count). The van der Waals surface area contributed by atoms with Crippen LogP contribution < -0.4 is 5.32 Å². The van der Waals surface area contributed by atoms with Crippen LogP contribution in [0.4, 0.5) is 5.69 Å². The minimum atomic E-state index is -0.440. The number of hydrogen-bond donors (Lipinski definition) is 1. The molecule has 1 N–H and O–H groups in total. The van der Waals surface area contributed by atoms with Crippen LogP contribution in [0.5, 0.6) is 0 Å². The van der Waals surface area contributed by atoms with Crippen LogP contribution in [0.3, 0.4) is 0 Å². The largest absolute Gasteiger partial charge is 0.318 e. The first-order valence-electron chi connectivity index (χ1n) is 8.31. The van der Waals surface area contributed by atoms with Crippen molar-refractivity contribution in [1.29, 1.82) is 0 Å². The number of aryl methyl sites for hydroxylation is 1. The van der Waals surface area contributed by atoms with Gasteiger partial charge in [-0.05, 0) is 41.1 Å². The van der Waals surface area contributed by atoms with E-state index in [-0.39, 0.29) is 5.69 Å². The van der Waals surface area contributed by atoms with Crippen LogP contribution >= 0.6 is 39.1 Å². The van der Waals surface area contributed by atoms with E-state index in [2.05, 4.69) is 36.4 Å². The third-order valence-corrected chi connectivity index (χ3v) is 5.29. The van der Waals surface area contributed by atoms with Crippen LogP contribution in [0.15, 0.2) is 47.2 Å². The zero-order valence-electron chi connectivity index (χ0n) is 14.5. The zero-order chi connectivity index (χ0) is 19.8. The van der Waals surface area contributed by atoms with Gasteiger partial charge in [-0.25, -0.2) is 9.50 Å². The molecule has 1 amide bonds. The Labute approximate surface area is 178 Å². The fourth-order valence-electron chi connectivity index (χ4n) is 2.71. The van der Waals surface area contributed by atoms with E-state index in [1.54, 1.807) is 41.0 Å². The molecule has 28 heavy (non-hydrogen) atoms. The molecule has 3 aromatic heterocycles. The molecule has 10 heteroatoms. The van der Waals surface area contributed by atoms with Crippen molar-refractivity contribution < 1.29 is 4.79 Å². The van der Waals surface area contributed by atoms with Gasteiger partial charge in [0.2, 0.25) is 0 Å². The van der Waals surface area contributed by atoms with Crippen molar-refractivity contribution in [1.82, 2.24) is 24.4 Å². The highest BCUT2D eigenvalue weighted by Crippen LogP contribution is 2.30. The second-order valence-corrected chi connectivity index (χ2v) is 7.53. The van der Waals surface area contributed by atoms with Crippen LogP contribution in [0.2, 0.25) is 10.0 Å². The van der Waals surface area contributed by atoms with E-state index in [1.165, 1.54) is 0 Å². The summed E-state index contributed by atoms with van der Waals surface area (Å²) in [4.78, 5) is 17.0. The molecular weight excluding hydrogens is 467 g/mol. The SMILES string of the molecule is CCn1cc(Br)c(-c2ccnc3cc(C(=O)Nc4c(Cl)cccc4Cl)nn23)n1. The highest BCUT2D eigenvalue weighted by atomic mass is 79.9. The Hall–Kier alpha value is -2.42. The van der Waals surface area contributed by atoms with Crippen LogP contribution in [0, 0.1) is 0 Å². The van der Waals surface area contributed by atoms with E-state index in [0.717, 1.165) is 11.0 Å². The van der Waals surface area contributed by atoms with Crippen molar-refractivity contribution in [2.75, 3.05) is 5.32 Å². The second-order valence-electron chi connectivity index (χ2n) is 5.86. The number of fused-ring (bicyclic) bond motifs is 1. The topological polar surface area (TPSA) is 77.1 Å². The van der Waals surface area contributed by atoms with Crippen molar-refractivity contribution >= 4 is 56.4 Å². The highest BCUT2D eigenvalue weighted by Gasteiger charge is 2.18. The second kappa shape index (κ2) is 7.54. The highest BCUT2D eigenvalue weighted by molar-refractivity contribution is 9.10. The molecule has 0 aliphatic heterocycles. The summed E-state index contributed by atoms with van der Waals surface area (Å²) < 4.78 is 4.21. The van der Waals surface area contributed by atoms with E-state index < -0.39 is 5.91 Å². The molecule has 0 bridgehead atoms. The predicted molar refractivity (Wildman–Crippen MR) is 112 cm³/mol. The van der Waals surface area contributed by atoms with Gasteiger partial charge in [-0.1, -0.05) is 29.3 Å². The lowest BCUT2D eigenvalue weighted by Gasteiger charge is -2.07. The van der Waals surface area contributed by atoms with Crippen LogP contribution in [-0.4, -0.2) is 30.3 Å². The molecular formula is C18H13BrCl2N6O. The van der Waals surface area contributed by atoms with E-state index in [1.807, 2.05) is 17.8 Å². The molecule has 142 valence electrons. The average molecular weight is 480 g/mol. The summed E-state index contributed by atoms with van der Waals surface area (Å²) >= 11 is 15.8. The first-order chi connectivity index (χ1) is 13.5. The number of halogens is 3. The lowest BCUT2D eigenvalue weighted by atomic mass is 10.3. The standard InChI is InChI=1S/C18H13BrCl2N6O/c1-2-26-9-10(19)16(25-26)14-6-7-22-15-8-13(24-27(14)15)18(28)23-17-11(20)4-3-5-12(17)21/h3-9H,2H2,1H3,(H,23,28). The van der Waals surface area contributed by atoms with Gasteiger partial charge in [0.15, 0.2) is 11.3 Å². The van der Waals surface area contributed by atoms with Gasteiger partial charge in [0.05, 0.1) is 25.9 Å². The molecule has 1 aromatic carbocycles. The quantitative estimate of drug-likeness (QED) is 0.450. The number of carbonyl (C=O) groups is 1. The van der Waals surface area contributed by atoms with Crippen molar-refractivity contribution in [2.24, 2.45) is 0 Å². The van der Waals surface area contributed by atoms with Gasteiger partial charge in [-0.2, -0.15) is 10.2 Å². The van der Waals surface area contributed by atoms with Gasteiger partial charge in [0.25, 0.3) is 5.91 Å². The molecule has 7 nitrogen and oxygen atoms in total. The maximum absolute atomic E-state index is 12.7. The number of carbonyl (C=O) groups excluding carboxylic acids is 1. The lowest BCUT2D eigenvalue weighted by Crippen LogP contribution is -2.13. The van der Waals surface area contributed by atoms with Crippen molar-refractivity contribution in [3.05, 3.63) is 62.9 Å². The fraction of sp³-hybridized carbons (Fsp3) is 0.111. The summed E-state index contributed by atoms with van der Waals surface area (Å²) in [5, 5.41) is 12.3. The lowest BCUT2D eigenvalue weighted by molar-refractivity contribution is 0.102. The number of aromatic nitrogens is 5. The number of benzene rings is 1. The summed E-state index contributed by atoms with van der Waals surface area (Å²) in [5.41, 5.74) is 2.45. The monoisotopic (exact) mass is 478 g/mol. The smallest absolute Gasteiger partial charge is 0.276 e. The number of para-hydroxylation sites is 1. The summed E-state index contributed by atoms with van der Waals surface area (Å²) in [5.74, 6) is -0.440. The number of nitrogens with one attached hydrogen (secondary N) is 1. The van der Waals surface area contributed by atoms with E-state index in [0.29, 0.717) is 32.8 Å². The molecule has 0 aliphatic carbocycles. The van der Waals surface area contributed by atoms with Crippen LogP contribution in [-0.2, 0) is 6.54 Å². The van der Waals surface area contributed by atoms with Gasteiger partial charge in [0, 0.05) is 25.0 Å². The minimum absolute atomic E-state index is 0.182. The Balaban J connectivity index is 1.74. The van der Waals surface area contributed by atoms with Crippen molar-refractivity contribution in [3.63, 3.8) is 0 Å². The minimum Gasteiger partial charge on any atom is -0.318 e. The van der Waals surface area contributed by atoms with Crippen LogP contribution in [0.25, 0.3) is 17.0 Å². The van der Waals surface area contributed by atoms with Gasteiger partial charge >= 0.3 is 0 Å². The molecule has 0 aliphatic rings. The van der Waals surface area contributed by atoms with E-state index in [9.17, 15) is 4.79 Å². The Morgan fingerprint density at radius 1 is 1.21 bits per heavy atom. The Bertz CT molecular complexity index is 1180. The summed E-state index contributed by atoms with van der Waals surface area (Å²) in [6.07, 6.45) is 3.54. The third-order valence-electron chi connectivity index (χ3n) is 4.08. The number of anilines is 1. The van der Waals surface area contributed by atoms with Gasteiger partial charge in [-0.3, -0.25) is 9.48 Å². The first kappa shape index (κ1) is 18.9.